The highest BCUT2D eigenvalue weighted by molar-refractivity contribution is 5.14. The second kappa shape index (κ2) is 4.31. The molecule has 2 aromatic rings. The summed E-state index contributed by atoms with van der Waals surface area (Å²) in [5.41, 5.74) is 2.29. The van der Waals surface area contributed by atoms with E-state index in [1.165, 1.54) is 5.56 Å². The highest BCUT2D eigenvalue weighted by atomic mass is 16.3. The van der Waals surface area contributed by atoms with E-state index >= 15 is 0 Å². The van der Waals surface area contributed by atoms with E-state index in [9.17, 15) is 0 Å². The van der Waals surface area contributed by atoms with Crippen LogP contribution in [0.5, 0.6) is 0 Å². The zero-order valence-electron chi connectivity index (χ0n) is 8.95. The van der Waals surface area contributed by atoms with Crippen LogP contribution < -0.4 is 5.32 Å². The highest BCUT2D eigenvalue weighted by Crippen LogP contribution is 2.13. The summed E-state index contributed by atoms with van der Waals surface area (Å²) in [5.74, 6) is 0.955. The molecule has 0 saturated carbocycles. The summed E-state index contributed by atoms with van der Waals surface area (Å²) < 4.78 is 5.31. The summed E-state index contributed by atoms with van der Waals surface area (Å²) >= 11 is 0. The number of rotatable bonds is 4. The second-order valence-electron chi connectivity index (χ2n) is 3.64. The number of hydrogen-bond donors (Lipinski definition) is 2. The molecule has 0 aromatic carbocycles. The topological polar surface area (TPSA) is 53.9 Å². The lowest BCUT2D eigenvalue weighted by molar-refractivity contribution is 0.430. The van der Waals surface area contributed by atoms with Crippen LogP contribution in [-0.4, -0.2) is 10.2 Å². The fourth-order valence-corrected chi connectivity index (χ4v) is 1.46. The van der Waals surface area contributed by atoms with E-state index in [4.69, 9.17) is 4.42 Å². The SMILES string of the molecule is Cc1[nH]ncc1CN[C@@H](C)c1ccco1. The molecule has 80 valence electrons. The minimum absolute atomic E-state index is 0.217. The average molecular weight is 205 g/mol. The molecule has 4 nitrogen and oxygen atoms in total. The molecule has 0 aliphatic rings. The van der Waals surface area contributed by atoms with Crippen molar-refractivity contribution in [3.8, 4) is 0 Å². The number of nitrogens with one attached hydrogen (secondary N) is 2. The summed E-state index contributed by atoms with van der Waals surface area (Å²) in [7, 11) is 0. The number of nitrogens with zero attached hydrogens (tertiary/aromatic N) is 1. The van der Waals surface area contributed by atoms with Gasteiger partial charge in [0.25, 0.3) is 0 Å². The number of hydrogen-bond acceptors (Lipinski definition) is 3. The van der Waals surface area contributed by atoms with Gasteiger partial charge in [0.2, 0.25) is 0 Å². The fourth-order valence-electron chi connectivity index (χ4n) is 1.46. The minimum atomic E-state index is 0.217. The van der Waals surface area contributed by atoms with Gasteiger partial charge in [-0.05, 0) is 26.0 Å². The van der Waals surface area contributed by atoms with Gasteiger partial charge >= 0.3 is 0 Å². The van der Waals surface area contributed by atoms with E-state index in [1.807, 2.05) is 25.3 Å². The van der Waals surface area contributed by atoms with Crippen molar-refractivity contribution in [3.63, 3.8) is 0 Å². The lowest BCUT2D eigenvalue weighted by Gasteiger charge is -2.10. The zero-order valence-corrected chi connectivity index (χ0v) is 8.95. The van der Waals surface area contributed by atoms with E-state index < -0.39 is 0 Å². The van der Waals surface area contributed by atoms with Crippen LogP contribution in [0, 0.1) is 6.92 Å². The van der Waals surface area contributed by atoms with Crippen molar-refractivity contribution in [1.82, 2.24) is 15.5 Å². The summed E-state index contributed by atoms with van der Waals surface area (Å²) in [6.45, 7) is 4.89. The van der Waals surface area contributed by atoms with Gasteiger partial charge in [-0.15, -0.1) is 0 Å². The molecule has 2 N–H and O–H groups in total. The van der Waals surface area contributed by atoms with Gasteiger partial charge < -0.3 is 9.73 Å². The van der Waals surface area contributed by atoms with Gasteiger partial charge in [0, 0.05) is 17.8 Å². The Morgan fingerprint density at radius 2 is 2.47 bits per heavy atom. The third kappa shape index (κ3) is 2.27. The van der Waals surface area contributed by atoms with Gasteiger partial charge in [-0.1, -0.05) is 0 Å². The Hall–Kier alpha value is -1.55. The molecule has 0 amide bonds. The summed E-state index contributed by atoms with van der Waals surface area (Å²) in [5, 5.41) is 10.3. The van der Waals surface area contributed by atoms with Crippen LogP contribution in [0.15, 0.2) is 29.0 Å². The molecule has 0 unspecified atom stereocenters. The van der Waals surface area contributed by atoms with Crippen molar-refractivity contribution < 1.29 is 4.42 Å². The van der Waals surface area contributed by atoms with Crippen LogP contribution in [-0.2, 0) is 6.54 Å². The van der Waals surface area contributed by atoms with E-state index in [-0.39, 0.29) is 6.04 Å². The maximum absolute atomic E-state index is 5.31. The Morgan fingerprint density at radius 1 is 1.60 bits per heavy atom. The molecule has 1 atom stereocenters. The van der Waals surface area contributed by atoms with Gasteiger partial charge in [0.05, 0.1) is 18.5 Å². The van der Waals surface area contributed by atoms with Crippen LogP contribution in [0.3, 0.4) is 0 Å². The first-order chi connectivity index (χ1) is 7.27. The van der Waals surface area contributed by atoms with Gasteiger partial charge in [-0.25, -0.2) is 0 Å². The predicted octanol–water partition coefficient (Wildman–Crippen LogP) is 2.16. The van der Waals surface area contributed by atoms with Crippen LogP contribution in [0.1, 0.15) is 30.0 Å². The van der Waals surface area contributed by atoms with Gasteiger partial charge in [0.1, 0.15) is 5.76 Å². The zero-order chi connectivity index (χ0) is 10.7. The molecule has 0 saturated heterocycles. The molecule has 0 radical (unpaired) electrons. The Morgan fingerprint density at radius 3 is 3.07 bits per heavy atom. The van der Waals surface area contributed by atoms with E-state index in [1.54, 1.807) is 6.26 Å². The summed E-state index contributed by atoms with van der Waals surface area (Å²) in [6.07, 6.45) is 3.54. The number of aromatic nitrogens is 2. The quantitative estimate of drug-likeness (QED) is 0.804. The average Bonchev–Trinajstić information content (AvgIpc) is 2.85. The van der Waals surface area contributed by atoms with Gasteiger partial charge in [0.15, 0.2) is 0 Å². The lowest BCUT2D eigenvalue weighted by atomic mass is 10.2. The minimum Gasteiger partial charge on any atom is -0.468 e. The maximum Gasteiger partial charge on any atom is 0.120 e. The normalized spacial score (nSPS) is 12.9. The Bertz CT molecular complexity index is 405. The van der Waals surface area contributed by atoms with Gasteiger partial charge in [-0.3, -0.25) is 5.10 Å². The van der Waals surface area contributed by atoms with Crippen molar-refractivity contribution in [3.05, 3.63) is 41.6 Å². The molecule has 0 spiro atoms. The maximum atomic E-state index is 5.31. The van der Waals surface area contributed by atoms with Crippen molar-refractivity contribution in [1.29, 1.82) is 0 Å². The number of H-pyrrole nitrogens is 1. The first-order valence-corrected chi connectivity index (χ1v) is 5.03. The molecule has 4 heteroatoms. The highest BCUT2D eigenvalue weighted by Gasteiger charge is 2.08. The third-order valence-corrected chi connectivity index (χ3v) is 2.50. The molecule has 0 fully saturated rings. The van der Waals surface area contributed by atoms with Crippen molar-refractivity contribution in [2.75, 3.05) is 0 Å². The van der Waals surface area contributed by atoms with Crippen molar-refractivity contribution in [2.45, 2.75) is 26.4 Å². The first-order valence-electron chi connectivity index (χ1n) is 5.03. The van der Waals surface area contributed by atoms with Crippen molar-refractivity contribution >= 4 is 0 Å². The van der Waals surface area contributed by atoms with Crippen LogP contribution in [0.4, 0.5) is 0 Å². The van der Waals surface area contributed by atoms with E-state index in [0.29, 0.717) is 0 Å². The smallest absolute Gasteiger partial charge is 0.120 e. The van der Waals surface area contributed by atoms with E-state index in [0.717, 1.165) is 18.0 Å². The van der Waals surface area contributed by atoms with Crippen LogP contribution >= 0.6 is 0 Å². The van der Waals surface area contributed by atoms with Crippen LogP contribution in [0.25, 0.3) is 0 Å². The Balaban J connectivity index is 1.91. The summed E-state index contributed by atoms with van der Waals surface area (Å²) in [6, 6.07) is 4.09. The molecule has 2 heterocycles. The molecule has 0 aliphatic heterocycles. The third-order valence-electron chi connectivity index (χ3n) is 2.50. The lowest BCUT2D eigenvalue weighted by Crippen LogP contribution is -2.17. The molecule has 2 aromatic heterocycles. The molecular formula is C11H15N3O. The van der Waals surface area contributed by atoms with Crippen LogP contribution in [0.2, 0.25) is 0 Å². The van der Waals surface area contributed by atoms with E-state index in [2.05, 4.69) is 22.4 Å². The largest absolute Gasteiger partial charge is 0.468 e. The number of aromatic amines is 1. The molecule has 15 heavy (non-hydrogen) atoms. The predicted molar refractivity (Wildman–Crippen MR) is 57.3 cm³/mol. The molecular weight excluding hydrogens is 190 g/mol. The Kier molecular flexibility index (Phi) is 2.87. The first kappa shape index (κ1) is 9.98. The standard InChI is InChI=1S/C11H15N3O/c1-8-10(7-13-14-8)6-12-9(2)11-4-3-5-15-11/h3-5,7,9,12H,6H2,1-2H3,(H,13,14)/t9-/m0/s1. The fraction of sp³-hybridized carbons (Fsp3) is 0.364. The second-order valence-corrected chi connectivity index (χ2v) is 3.64. The molecule has 2 rings (SSSR count). The van der Waals surface area contributed by atoms with Gasteiger partial charge in [-0.2, -0.15) is 5.10 Å². The Labute approximate surface area is 88.7 Å². The number of furan rings is 1. The molecule has 0 aliphatic carbocycles. The molecule has 0 bridgehead atoms. The summed E-state index contributed by atoms with van der Waals surface area (Å²) in [4.78, 5) is 0. The van der Waals surface area contributed by atoms with Crippen molar-refractivity contribution in [2.24, 2.45) is 0 Å². The monoisotopic (exact) mass is 205 g/mol. The number of aryl methyl sites for hydroxylation is 1.